The smallest absolute Gasteiger partial charge is 0.235 e. The molecule has 2 aromatic rings. The van der Waals surface area contributed by atoms with Gasteiger partial charge < -0.3 is 5.32 Å². The fourth-order valence-corrected chi connectivity index (χ4v) is 2.73. The van der Waals surface area contributed by atoms with Gasteiger partial charge in [0.25, 0.3) is 0 Å². The maximum Gasteiger partial charge on any atom is 0.235 e. The van der Waals surface area contributed by atoms with Crippen LogP contribution in [0.5, 0.6) is 0 Å². The third-order valence-corrected chi connectivity index (χ3v) is 3.45. The van der Waals surface area contributed by atoms with Gasteiger partial charge in [-0.2, -0.15) is 0 Å². The molecule has 1 aromatic heterocycles. The summed E-state index contributed by atoms with van der Waals surface area (Å²) in [5.74, 6) is -0.0317. The second-order valence-corrected chi connectivity index (χ2v) is 4.70. The number of para-hydroxylation sites is 1. The molecule has 1 aromatic carbocycles. The summed E-state index contributed by atoms with van der Waals surface area (Å²) in [7, 11) is 0. The molecule has 1 aliphatic rings. The minimum absolute atomic E-state index is 0.0317. The number of rotatable bonds is 1. The minimum Gasteiger partial charge on any atom is -0.316 e. The van der Waals surface area contributed by atoms with Crippen molar-refractivity contribution in [3.63, 3.8) is 0 Å². The molecule has 0 radical (unpaired) electrons. The van der Waals surface area contributed by atoms with Crippen LogP contribution in [0.15, 0.2) is 24.3 Å². The molecule has 0 unspecified atom stereocenters. The molecule has 0 fully saturated rings. The molecule has 1 aliphatic heterocycles. The molecule has 0 spiro atoms. The van der Waals surface area contributed by atoms with Gasteiger partial charge in [0, 0.05) is 31.0 Å². The Labute approximate surface area is 106 Å². The number of nitrogens with one attached hydrogen (secondary N) is 2. The highest BCUT2D eigenvalue weighted by molar-refractivity contribution is 5.89. The lowest BCUT2D eigenvalue weighted by Crippen LogP contribution is -2.23. The van der Waals surface area contributed by atoms with Crippen molar-refractivity contribution in [2.45, 2.75) is 19.8 Å². The van der Waals surface area contributed by atoms with E-state index in [2.05, 4.69) is 28.9 Å². The van der Waals surface area contributed by atoms with Crippen LogP contribution < -0.4 is 10.7 Å². The number of aromatic nitrogens is 1. The van der Waals surface area contributed by atoms with Crippen LogP contribution in [0.4, 0.5) is 0 Å². The Hall–Kier alpha value is -1.81. The summed E-state index contributed by atoms with van der Waals surface area (Å²) in [4.78, 5) is 11.4. The molecule has 2 heterocycles. The van der Waals surface area contributed by atoms with Crippen molar-refractivity contribution in [3.8, 4) is 0 Å². The van der Waals surface area contributed by atoms with E-state index in [1.165, 1.54) is 16.6 Å². The molecule has 1 amide bonds. The Bertz CT molecular complexity index is 600. The van der Waals surface area contributed by atoms with Crippen molar-refractivity contribution in [1.82, 2.24) is 9.99 Å². The molecular formula is C14H17N3O. The number of nitrogens with zero attached hydrogens (tertiary/aromatic N) is 1. The average molecular weight is 243 g/mol. The fourth-order valence-electron chi connectivity index (χ4n) is 2.73. The number of hydrogen-bond donors (Lipinski definition) is 2. The Morgan fingerprint density at radius 3 is 2.89 bits per heavy atom. The highest BCUT2D eigenvalue weighted by Gasteiger charge is 2.18. The summed E-state index contributed by atoms with van der Waals surface area (Å²) >= 11 is 0. The second-order valence-electron chi connectivity index (χ2n) is 4.70. The van der Waals surface area contributed by atoms with Gasteiger partial charge in [-0.05, 0) is 24.6 Å². The highest BCUT2D eigenvalue weighted by atomic mass is 16.2. The quantitative estimate of drug-likeness (QED) is 0.795. The zero-order valence-electron chi connectivity index (χ0n) is 10.5. The number of carbonyl (C=O) groups is 1. The standard InChI is InChI=1S/C14H17N3O/c1-10(18)16-17-13-5-3-2-4-11(13)12-6-8-15-9-7-14(12)17/h2-5,15H,6-9H2,1H3,(H,16,18). The molecule has 4 heteroatoms. The van der Waals surface area contributed by atoms with Gasteiger partial charge in [0.05, 0.1) is 5.52 Å². The third-order valence-electron chi connectivity index (χ3n) is 3.45. The van der Waals surface area contributed by atoms with E-state index < -0.39 is 0 Å². The lowest BCUT2D eigenvalue weighted by atomic mass is 10.1. The SMILES string of the molecule is CC(=O)Nn1c2c(c3ccccc31)CCNCC2. The summed E-state index contributed by atoms with van der Waals surface area (Å²) in [5.41, 5.74) is 6.63. The van der Waals surface area contributed by atoms with Crippen LogP contribution in [-0.4, -0.2) is 23.7 Å². The summed E-state index contributed by atoms with van der Waals surface area (Å²) in [5, 5.41) is 4.65. The van der Waals surface area contributed by atoms with E-state index in [1.807, 2.05) is 10.7 Å². The van der Waals surface area contributed by atoms with Crippen LogP contribution in [0.1, 0.15) is 18.2 Å². The van der Waals surface area contributed by atoms with Crippen LogP contribution >= 0.6 is 0 Å². The Morgan fingerprint density at radius 2 is 2.06 bits per heavy atom. The minimum atomic E-state index is -0.0317. The molecule has 0 saturated carbocycles. The molecule has 3 rings (SSSR count). The zero-order valence-corrected chi connectivity index (χ0v) is 10.5. The normalized spacial score (nSPS) is 15.2. The molecule has 18 heavy (non-hydrogen) atoms. The lowest BCUT2D eigenvalue weighted by Gasteiger charge is -2.10. The Morgan fingerprint density at radius 1 is 1.28 bits per heavy atom. The number of benzene rings is 1. The monoisotopic (exact) mass is 243 g/mol. The van der Waals surface area contributed by atoms with E-state index in [4.69, 9.17) is 0 Å². The van der Waals surface area contributed by atoms with Crippen LogP contribution in [-0.2, 0) is 17.6 Å². The van der Waals surface area contributed by atoms with Crippen molar-refractivity contribution in [3.05, 3.63) is 35.5 Å². The molecule has 0 bridgehead atoms. The van der Waals surface area contributed by atoms with Gasteiger partial charge in [0.2, 0.25) is 5.91 Å². The van der Waals surface area contributed by atoms with Crippen molar-refractivity contribution in [1.29, 1.82) is 0 Å². The molecule has 2 N–H and O–H groups in total. The maximum atomic E-state index is 11.4. The largest absolute Gasteiger partial charge is 0.316 e. The van der Waals surface area contributed by atoms with E-state index in [0.29, 0.717) is 0 Å². The average Bonchev–Trinajstić information content (AvgIpc) is 2.55. The molecule has 0 saturated heterocycles. The van der Waals surface area contributed by atoms with E-state index in [-0.39, 0.29) is 5.91 Å². The van der Waals surface area contributed by atoms with Gasteiger partial charge in [-0.3, -0.25) is 14.9 Å². The van der Waals surface area contributed by atoms with E-state index >= 15 is 0 Å². The van der Waals surface area contributed by atoms with Crippen molar-refractivity contribution < 1.29 is 4.79 Å². The first-order chi connectivity index (χ1) is 8.77. The Balaban J connectivity index is 2.24. The maximum absolute atomic E-state index is 11.4. The topological polar surface area (TPSA) is 46.1 Å². The molecular weight excluding hydrogens is 226 g/mol. The molecule has 0 atom stereocenters. The summed E-state index contributed by atoms with van der Waals surface area (Å²) in [6, 6.07) is 8.27. The summed E-state index contributed by atoms with van der Waals surface area (Å²) in [6.45, 7) is 3.51. The summed E-state index contributed by atoms with van der Waals surface area (Å²) < 4.78 is 1.96. The fraction of sp³-hybridized carbons (Fsp3) is 0.357. The van der Waals surface area contributed by atoms with Crippen LogP contribution in [0.2, 0.25) is 0 Å². The van der Waals surface area contributed by atoms with Crippen LogP contribution in [0.3, 0.4) is 0 Å². The zero-order chi connectivity index (χ0) is 12.5. The van der Waals surface area contributed by atoms with Gasteiger partial charge in [-0.25, -0.2) is 0 Å². The van der Waals surface area contributed by atoms with Crippen LogP contribution in [0.25, 0.3) is 10.9 Å². The third kappa shape index (κ3) is 1.78. The van der Waals surface area contributed by atoms with Gasteiger partial charge in [0.15, 0.2) is 0 Å². The number of fused-ring (bicyclic) bond motifs is 3. The molecule has 0 aliphatic carbocycles. The van der Waals surface area contributed by atoms with E-state index in [9.17, 15) is 4.79 Å². The predicted molar refractivity (Wildman–Crippen MR) is 72.3 cm³/mol. The van der Waals surface area contributed by atoms with Crippen molar-refractivity contribution in [2.75, 3.05) is 18.5 Å². The molecule has 4 nitrogen and oxygen atoms in total. The van der Waals surface area contributed by atoms with Gasteiger partial charge >= 0.3 is 0 Å². The first-order valence-electron chi connectivity index (χ1n) is 6.37. The van der Waals surface area contributed by atoms with Gasteiger partial charge in [0.1, 0.15) is 0 Å². The Kier molecular flexibility index (Phi) is 2.80. The predicted octanol–water partition coefficient (Wildman–Crippen LogP) is 1.42. The second kappa shape index (κ2) is 4.46. The molecule has 94 valence electrons. The lowest BCUT2D eigenvalue weighted by molar-refractivity contribution is -0.115. The van der Waals surface area contributed by atoms with Crippen molar-refractivity contribution in [2.24, 2.45) is 0 Å². The van der Waals surface area contributed by atoms with Gasteiger partial charge in [-0.15, -0.1) is 0 Å². The van der Waals surface area contributed by atoms with E-state index in [0.717, 1.165) is 31.4 Å². The summed E-state index contributed by atoms with van der Waals surface area (Å²) in [6.07, 6.45) is 1.97. The van der Waals surface area contributed by atoms with Crippen LogP contribution in [0, 0.1) is 0 Å². The first-order valence-corrected chi connectivity index (χ1v) is 6.37. The number of carbonyl (C=O) groups excluding carboxylic acids is 1. The highest BCUT2D eigenvalue weighted by Crippen LogP contribution is 2.27. The van der Waals surface area contributed by atoms with Crippen molar-refractivity contribution >= 4 is 16.8 Å². The number of hydrogen-bond acceptors (Lipinski definition) is 2. The number of amides is 1. The van der Waals surface area contributed by atoms with Gasteiger partial charge in [-0.1, -0.05) is 18.2 Å². The first kappa shape index (κ1) is 11.3. The van der Waals surface area contributed by atoms with E-state index in [1.54, 1.807) is 6.92 Å².